The lowest BCUT2D eigenvalue weighted by molar-refractivity contribution is -0.111. The third kappa shape index (κ3) is 4.64. The topological polar surface area (TPSA) is 38.3 Å². The molecule has 0 bridgehead atoms. The van der Waals surface area contributed by atoms with Crippen molar-refractivity contribution in [2.24, 2.45) is 0 Å². The zero-order valence-corrected chi connectivity index (χ0v) is 13.4. The molecule has 3 nitrogen and oxygen atoms in total. The number of nitrogens with one attached hydrogen (secondary N) is 1. The third-order valence-electron chi connectivity index (χ3n) is 3.06. The number of hydrogen-bond donors (Lipinski definition) is 1. The second kappa shape index (κ2) is 7.66. The monoisotopic (exact) mass is 315 g/mol. The zero-order chi connectivity index (χ0) is 15.9. The highest BCUT2D eigenvalue weighted by Gasteiger charge is 2.02. The minimum absolute atomic E-state index is 0.181. The molecule has 0 spiro atoms. The van der Waals surface area contributed by atoms with Crippen molar-refractivity contribution in [3.05, 3.63) is 64.7 Å². The molecule has 1 N–H and O–H groups in total. The highest BCUT2D eigenvalue weighted by Crippen LogP contribution is 2.19. The van der Waals surface area contributed by atoms with Gasteiger partial charge in [0.15, 0.2) is 0 Å². The van der Waals surface area contributed by atoms with Gasteiger partial charge in [0.05, 0.1) is 6.61 Å². The molecule has 114 valence electrons. The molecule has 0 saturated carbocycles. The lowest BCUT2D eigenvalue weighted by atomic mass is 10.2. The van der Waals surface area contributed by atoms with Crippen molar-refractivity contribution >= 4 is 29.3 Å². The summed E-state index contributed by atoms with van der Waals surface area (Å²) in [5.41, 5.74) is 2.62. The number of carbonyl (C=O) groups is 1. The van der Waals surface area contributed by atoms with Crippen molar-refractivity contribution in [3.63, 3.8) is 0 Å². The Morgan fingerprint density at radius 3 is 2.59 bits per heavy atom. The van der Waals surface area contributed by atoms with Gasteiger partial charge < -0.3 is 10.1 Å². The van der Waals surface area contributed by atoms with Gasteiger partial charge in [-0.3, -0.25) is 4.79 Å². The van der Waals surface area contributed by atoms with Gasteiger partial charge in [0.1, 0.15) is 5.75 Å². The van der Waals surface area contributed by atoms with Crippen LogP contribution in [-0.4, -0.2) is 12.5 Å². The van der Waals surface area contributed by atoms with Gasteiger partial charge in [-0.25, -0.2) is 0 Å². The molecule has 22 heavy (non-hydrogen) atoms. The van der Waals surface area contributed by atoms with Gasteiger partial charge in [-0.1, -0.05) is 23.7 Å². The molecule has 0 aliphatic carbocycles. The van der Waals surface area contributed by atoms with Crippen LogP contribution in [0.25, 0.3) is 6.08 Å². The van der Waals surface area contributed by atoms with Gasteiger partial charge in [0.25, 0.3) is 0 Å². The molecule has 0 atom stereocenters. The molecule has 2 aromatic carbocycles. The molecule has 0 heterocycles. The average Bonchev–Trinajstić information content (AvgIpc) is 2.50. The van der Waals surface area contributed by atoms with Gasteiger partial charge in [-0.15, -0.1) is 0 Å². The molecule has 0 aromatic heterocycles. The van der Waals surface area contributed by atoms with Gasteiger partial charge >= 0.3 is 0 Å². The predicted molar refractivity (Wildman–Crippen MR) is 91.5 cm³/mol. The SMILES string of the molecule is CCOc1ccc(/C=C/C(=O)Nc2ccc(Cl)cc2C)cc1. The number of aryl methyl sites for hydroxylation is 1. The van der Waals surface area contributed by atoms with Crippen LogP contribution in [0.3, 0.4) is 0 Å². The van der Waals surface area contributed by atoms with Crippen LogP contribution in [0.1, 0.15) is 18.1 Å². The van der Waals surface area contributed by atoms with Gasteiger partial charge in [0, 0.05) is 16.8 Å². The highest BCUT2D eigenvalue weighted by molar-refractivity contribution is 6.30. The first-order chi connectivity index (χ1) is 10.6. The summed E-state index contributed by atoms with van der Waals surface area (Å²) in [4.78, 5) is 11.9. The van der Waals surface area contributed by atoms with Gasteiger partial charge in [0.2, 0.25) is 5.91 Å². The van der Waals surface area contributed by atoms with Gasteiger partial charge in [-0.05, 0) is 61.4 Å². The predicted octanol–water partition coefficient (Wildman–Crippen LogP) is 4.70. The Hall–Kier alpha value is -2.26. The van der Waals surface area contributed by atoms with E-state index in [0.29, 0.717) is 11.6 Å². The van der Waals surface area contributed by atoms with Crippen molar-refractivity contribution in [1.82, 2.24) is 0 Å². The quantitative estimate of drug-likeness (QED) is 0.812. The number of hydrogen-bond acceptors (Lipinski definition) is 2. The summed E-state index contributed by atoms with van der Waals surface area (Å²) < 4.78 is 5.37. The van der Waals surface area contributed by atoms with E-state index in [0.717, 1.165) is 22.6 Å². The van der Waals surface area contributed by atoms with Crippen LogP contribution in [0.15, 0.2) is 48.5 Å². The lowest BCUT2D eigenvalue weighted by Crippen LogP contribution is -2.08. The maximum Gasteiger partial charge on any atom is 0.248 e. The molecule has 0 radical (unpaired) electrons. The Morgan fingerprint density at radius 2 is 1.95 bits per heavy atom. The smallest absolute Gasteiger partial charge is 0.248 e. The molecule has 0 aliphatic rings. The van der Waals surface area contributed by atoms with E-state index in [4.69, 9.17) is 16.3 Å². The Balaban J connectivity index is 1.98. The minimum atomic E-state index is -0.181. The summed E-state index contributed by atoms with van der Waals surface area (Å²) >= 11 is 5.89. The van der Waals surface area contributed by atoms with Crippen molar-refractivity contribution in [2.45, 2.75) is 13.8 Å². The molecular formula is C18H18ClNO2. The fourth-order valence-electron chi connectivity index (χ4n) is 1.96. The second-order valence-electron chi connectivity index (χ2n) is 4.78. The average molecular weight is 316 g/mol. The summed E-state index contributed by atoms with van der Waals surface area (Å²) in [5.74, 6) is 0.639. The van der Waals surface area contributed by atoms with E-state index >= 15 is 0 Å². The van der Waals surface area contributed by atoms with E-state index in [9.17, 15) is 4.79 Å². The number of rotatable bonds is 5. The van der Waals surface area contributed by atoms with Gasteiger partial charge in [-0.2, -0.15) is 0 Å². The summed E-state index contributed by atoms with van der Waals surface area (Å²) in [6, 6.07) is 12.9. The summed E-state index contributed by atoms with van der Waals surface area (Å²) in [5, 5.41) is 3.48. The maximum absolute atomic E-state index is 11.9. The molecule has 2 aromatic rings. The van der Waals surface area contributed by atoms with Crippen LogP contribution < -0.4 is 10.1 Å². The molecule has 2 rings (SSSR count). The number of carbonyl (C=O) groups excluding carboxylic acids is 1. The number of halogens is 1. The summed E-state index contributed by atoms with van der Waals surface area (Å²) in [6.45, 7) is 4.48. The summed E-state index contributed by atoms with van der Waals surface area (Å²) in [6.07, 6.45) is 3.26. The maximum atomic E-state index is 11.9. The molecule has 0 saturated heterocycles. The van der Waals surface area contributed by atoms with Crippen molar-refractivity contribution < 1.29 is 9.53 Å². The number of ether oxygens (including phenoxy) is 1. The van der Waals surface area contributed by atoms with Crippen LogP contribution in [0, 0.1) is 6.92 Å². The van der Waals surface area contributed by atoms with E-state index < -0.39 is 0 Å². The molecule has 4 heteroatoms. The standard InChI is InChI=1S/C18H18ClNO2/c1-3-22-16-8-4-14(5-9-16)6-11-18(21)20-17-10-7-15(19)12-13(17)2/h4-12H,3H2,1-2H3,(H,20,21)/b11-6+. The van der Waals surface area contributed by atoms with Crippen molar-refractivity contribution in [1.29, 1.82) is 0 Å². The van der Waals surface area contributed by atoms with Crippen LogP contribution in [0.5, 0.6) is 5.75 Å². The Bertz CT molecular complexity index is 678. The van der Waals surface area contributed by atoms with Crippen LogP contribution in [0.4, 0.5) is 5.69 Å². The molecule has 0 unspecified atom stereocenters. The zero-order valence-electron chi connectivity index (χ0n) is 12.6. The number of benzene rings is 2. The van der Waals surface area contributed by atoms with Crippen LogP contribution in [0.2, 0.25) is 5.02 Å². The largest absolute Gasteiger partial charge is 0.494 e. The summed E-state index contributed by atoms with van der Waals surface area (Å²) in [7, 11) is 0. The lowest BCUT2D eigenvalue weighted by Gasteiger charge is -2.06. The van der Waals surface area contributed by atoms with E-state index in [2.05, 4.69) is 5.32 Å². The number of anilines is 1. The molecular weight excluding hydrogens is 298 g/mol. The van der Waals surface area contributed by atoms with E-state index in [-0.39, 0.29) is 5.91 Å². The second-order valence-corrected chi connectivity index (χ2v) is 5.22. The fraction of sp³-hybridized carbons (Fsp3) is 0.167. The van der Waals surface area contributed by atoms with Crippen LogP contribution in [-0.2, 0) is 4.79 Å². The van der Waals surface area contributed by atoms with E-state index in [1.807, 2.05) is 44.2 Å². The molecule has 0 aliphatic heterocycles. The Morgan fingerprint density at radius 1 is 1.23 bits per heavy atom. The van der Waals surface area contributed by atoms with Crippen molar-refractivity contribution in [3.8, 4) is 5.75 Å². The molecule has 0 fully saturated rings. The van der Waals surface area contributed by atoms with E-state index in [1.54, 1.807) is 18.2 Å². The third-order valence-corrected chi connectivity index (χ3v) is 3.30. The Kier molecular flexibility index (Phi) is 5.61. The van der Waals surface area contributed by atoms with Crippen molar-refractivity contribution in [2.75, 3.05) is 11.9 Å². The fourth-order valence-corrected chi connectivity index (χ4v) is 2.18. The first kappa shape index (κ1) is 16.1. The minimum Gasteiger partial charge on any atom is -0.494 e. The number of amides is 1. The Labute approximate surface area is 135 Å². The normalized spacial score (nSPS) is 10.7. The first-order valence-electron chi connectivity index (χ1n) is 7.06. The first-order valence-corrected chi connectivity index (χ1v) is 7.44. The van der Waals surface area contributed by atoms with Crippen LogP contribution >= 0.6 is 11.6 Å². The molecule has 1 amide bonds. The highest BCUT2D eigenvalue weighted by atomic mass is 35.5. The van der Waals surface area contributed by atoms with E-state index in [1.165, 1.54) is 6.08 Å².